The zero-order valence-corrected chi connectivity index (χ0v) is 13.0. The number of amides is 2. The molecule has 2 heterocycles. The van der Waals surface area contributed by atoms with E-state index in [0.29, 0.717) is 44.0 Å². The van der Waals surface area contributed by atoms with Crippen molar-refractivity contribution in [1.82, 2.24) is 4.90 Å². The highest BCUT2D eigenvalue weighted by molar-refractivity contribution is 6.30. The third-order valence-corrected chi connectivity index (χ3v) is 4.72. The number of fused-ring (bicyclic) bond motifs is 1. The predicted molar refractivity (Wildman–Crippen MR) is 82.6 cm³/mol. The zero-order valence-electron chi connectivity index (χ0n) is 12.3. The minimum absolute atomic E-state index is 0.0912. The van der Waals surface area contributed by atoms with Crippen molar-refractivity contribution < 1.29 is 14.3 Å². The average molecular weight is 323 g/mol. The van der Waals surface area contributed by atoms with Crippen molar-refractivity contribution in [3.05, 3.63) is 28.8 Å². The number of hydrogen-bond acceptors (Lipinski definition) is 3. The molecule has 2 amide bonds. The number of carbonyl (C=O) groups is 2. The van der Waals surface area contributed by atoms with Gasteiger partial charge in [-0.05, 0) is 43.0 Å². The summed E-state index contributed by atoms with van der Waals surface area (Å²) in [6, 6.07) is 5.49. The molecule has 2 aliphatic rings. The standard InChI is InChI=1S/C16H19ClN2O3/c17-13-1-2-14-11(8-13)7-12(9-22-14)16(21)19-5-3-10(4-6-19)15(18)20/h1-2,8,10,12H,3-7,9H2,(H2,18,20)/t12-/m0/s1. The molecular formula is C16H19ClN2O3. The molecule has 2 aliphatic heterocycles. The molecule has 1 saturated heterocycles. The van der Waals surface area contributed by atoms with Crippen LogP contribution in [0.5, 0.6) is 5.75 Å². The van der Waals surface area contributed by atoms with Crippen LogP contribution in [-0.4, -0.2) is 36.4 Å². The monoisotopic (exact) mass is 322 g/mol. The Balaban J connectivity index is 1.63. The van der Waals surface area contributed by atoms with E-state index in [0.717, 1.165) is 11.3 Å². The Morgan fingerprint density at radius 2 is 1.95 bits per heavy atom. The first-order valence-corrected chi connectivity index (χ1v) is 7.91. The number of nitrogens with two attached hydrogens (primary N) is 1. The molecule has 6 heteroatoms. The van der Waals surface area contributed by atoms with Crippen LogP contribution in [0.2, 0.25) is 5.02 Å². The fourth-order valence-corrected chi connectivity index (χ4v) is 3.36. The molecule has 3 rings (SSSR count). The lowest BCUT2D eigenvalue weighted by molar-refractivity contribution is -0.139. The number of piperidine rings is 1. The van der Waals surface area contributed by atoms with Crippen molar-refractivity contribution in [3.63, 3.8) is 0 Å². The van der Waals surface area contributed by atoms with Gasteiger partial charge >= 0.3 is 0 Å². The van der Waals surface area contributed by atoms with Crippen LogP contribution in [-0.2, 0) is 16.0 Å². The van der Waals surface area contributed by atoms with E-state index in [1.807, 2.05) is 17.0 Å². The number of primary amides is 1. The third-order valence-electron chi connectivity index (χ3n) is 4.49. The molecule has 5 nitrogen and oxygen atoms in total. The second-order valence-corrected chi connectivity index (χ2v) is 6.40. The van der Waals surface area contributed by atoms with Gasteiger partial charge in [0.15, 0.2) is 0 Å². The average Bonchev–Trinajstić information content (AvgIpc) is 2.53. The second-order valence-electron chi connectivity index (χ2n) is 5.97. The minimum atomic E-state index is -0.267. The van der Waals surface area contributed by atoms with Crippen LogP contribution in [0.1, 0.15) is 18.4 Å². The van der Waals surface area contributed by atoms with E-state index in [1.54, 1.807) is 6.07 Å². The summed E-state index contributed by atoms with van der Waals surface area (Å²) in [5, 5.41) is 0.651. The summed E-state index contributed by atoms with van der Waals surface area (Å²) in [5.74, 6) is 0.341. The molecular weight excluding hydrogens is 304 g/mol. The van der Waals surface area contributed by atoms with Crippen molar-refractivity contribution in [3.8, 4) is 5.75 Å². The lowest BCUT2D eigenvalue weighted by atomic mass is 9.92. The quantitative estimate of drug-likeness (QED) is 0.899. The molecule has 0 aliphatic carbocycles. The van der Waals surface area contributed by atoms with Crippen LogP contribution in [0.4, 0.5) is 0 Å². The minimum Gasteiger partial charge on any atom is -0.492 e. The van der Waals surface area contributed by atoms with E-state index < -0.39 is 0 Å². The maximum absolute atomic E-state index is 12.6. The molecule has 0 bridgehead atoms. The molecule has 0 saturated carbocycles. The molecule has 1 atom stereocenters. The van der Waals surface area contributed by atoms with Gasteiger partial charge in [-0.1, -0.05) is 11.6 Å². The summed E-state index contributed by atoms with van der Waals surface area (Å²) in [4.78, 5) is 25.6. The lowest BCUT2D eigenvalue weighted by Gasteiger charge is -2.34. The van der Waals surface area contributed by atoms with Crippen molar-refractivity contribution in [2.45, 2.75) is 19.3 Å². The van der Waals surface area contributed by atoms with Gasteiger partial charge in [0.05, 0.1) is 5.92 Å². The van der Waals surface area contributed by atoms with E-state index in [-0.39, 0.29) is 23.7 Å². The first-order valence-electron chi connectivity index (χ1n) is 7.54. The van der Waals surface area contributed by atoms with Crippen LogP contribution < -0.4 is 10.5 Å². The zero-order chi connectivity index (χ0) is 15.7. The van der Waals surface area contributed by atoms with Crippen molar-refractivity contribution >= 4 is 23.4 Å². The van der Waals surface area contributed by atoms with E-state index >= 15 is 0 Å². The number of likely N-dealkylation sites (tertiary alicyclic amines) is 1. The van der Waals surface area contributed by atoms with Gasteiger partial charge in [-0.25, -0.2) is 0 Å². The molecule has 22 heavy (non-hydrogen) atoms. The van der Waals surface area contributed by atoms with Gasteiger partial charge in [-0.15, -0.1) is 0 Å². The number of ether oxygens (including phenoxy) is 1. The fourth-order valence-electron chi connectivity index (χ4n) is 3.16. The maximum atomic E-state index is 12.6. The number of nitrogens with zero attached hydrogens (tertiary/aromatic N) is 1. The van der Waals surface area contributed by atoms with Gasteiger partial charge in [0.25, 0.3) is 0 Å². The third kappa shape index (κ3) is 3.04. The molecule has 1 aromatic rings. The van der Waals surface area contributed by atoms with Crippen LogP contribution >= 0.6 is 11.6 Å². The Labute approximate surface area is 134 Å². The first kappa shape index (κ1) is 15.2. The Morgan fingerprint density at radius 3 is 2.64 bits per heavy atom. The summed E-state index contributed by atoms with van der Waals surface area (Å²) < 4.78 is 5.68. The Morgan fingerprint density at radius 1 is 1.23 bits per heavy atom. The van der Waals surface area contributed by atoms with Crippen LogP contribution in [0, 0.1) is 11.8 Å². The largest absolute Gasteiger partial charge is 0.492 e. The second kappa shape index (κ2) is 6.16. The molecule has 2 N–H and O–H groups in total. The molecule has 118 valence electrons. The first-order chi connectivity index (χ1) is 10.5. The smallest absolute Gasteiger partial charge is 0.229 e. The van der Waals surface area contributed by atoms with E-state index in [1.165, 1.54) is 0 Å². The number of benzene rings is 1. The number of halogens is 1. The SMILES string of the molecule is NC(=O)C1CCN(C(=O)[C@@H]2COc3ccc(Cl)cc3C2)CC1. The fraction of sp³-hybridized carbons (Fsp3) is 0.500. The number of carbonyl (C=O) groups excluding carboxylic acids is 2. The predicted octanol–water partition coefficient (Wildman–Crippen LogP) is 1.62. The van der Waals surface area contributed by atoms with Gasteiger partial charge < -0.3 is 15.4 Å². The van der Waals surface area contributed by atoms with Crippen LogP contribution in [0.15, 0.2) is 18.2 Å². The van der Waals surface area contributed by atoms with Gasteiger partial charge in [0, 0.05) is 24.0 Å². The molecule has 0 radical (unpaired) electrons. The summed E-state index contributed by atoms with van der Waals surface area (Å²) >= 11 is 6.00. The van der Waals surface area contributed by atoms with Gasteiger partial charge in [-0.3, -0.25) is 9.59 Å². The Bertz CT molecular complexity index is 597. The highest BCUT2D eigenvalue weighted by Gasteiger charge is 2.32. The van der Waals surface area contributed by atoms with E-state index in [2.05, 4.69) is 0 Å². The van der Waals surface area contributed by atoms with Crippen molar-refractivity contribution in [1.29, 1.82) is 0 Å². The Kier molecular flexibility index (Phi) is 4.25. The van der Waals surface area contributed by atoms with Crippen molar-refractivity contribution in [2.24, 2.45) is 17.6 Å². The van der Waals surface area contributed by atoms with Crippen LogP contribution in [0.3, 0.4) is 0 Å². The number of hydrogen-bond donors (Lipinski definition) is 1. The summed E-state index contributed by atoms with van der Waals surface area (Å²) in [5.41, 5.74) is 6.30. The van der Waals surface area contributed by atoms with E-state index in [4.69, 9.17) is 22.1 Å². The lowest BCUT2D eigenvalue weighted by Crippen LogP contribution is -2.46. The highest BCUT2D eigenvalue weighted by atomic mass is 35.5. The van der Waals surface area contributed by atoms with Crippen molar-refractivity contribution in [2.75, 3.05) is 19.7 Å². The van der Waals surface area contributed by atoms with Gasteiger partial charge in [0.1, 0.15) is 12.4 Å². The Hall–Kier alpha value is -1.75. The van der Waals surface area contributed by atoms with E-state index in [9.17, 15) is 9.59 Å². The summed E-state index contributed by atoms with van der Waals surface area (Å²) in [6.45, 7) is 1.57. The normalized spacial score (nSPS) is 21.9. The van der Waals surface area contributed by atoms with Crippen LogP contribution in [0.25, 0.3) is 0 Å². The van der Waals surface area contributed by atoms with Gasteiger partial charge in [0.2, 0.25) is 11.8 Å². The molecule has 0 unspecified atom stereocenters. The molecule has 0 spiro atoms. The molecule has 0 aromatic heterocycles. The topological polar surface area (TPSA) is 72.6 Å². The summed E-state index contributed by atoms with van der Waals surface area (Å²) in [7, 11) is 0. The highest BCUT2D eigenvalue weighted by Crippen LogP contribution is 2.31. The summed E-state index contributed by atoms with van der Waals surface area (Å²) in [6.07, 6.45) is 1.94. The molecule has 1 aromatic carbocycles. The maximum Gasteiger partial charge on any atom is 0.229 e. The molecule has 1 fully saturated rings. The number of rotatable bonds is 2. The van der Waals surface area contributed by atoms with Gasteiger partial charge in [-0.2, -0.15) is 0 Å².